The molecule has 0 aliphatic carbocycles. The molecule has 0 saturated carbocycles. The summed E-state index contributed by atoms with van der Waals surface area (Å²) in [5.41, 5.74) is -0.317. The van der Waals surface area contributed by atoms with E-state index in [9.17, 15) is 13.2 Å². The quantitative estimate of drug-likeness (QED) is 0.784. The van der Waals surface area contributed by atoms with Crippen LogP contribution in [0.3, 0.4) is 0 Å². The number of halogens is 3. The Hall–Kier alpha value is -1.30. The van der Waals surface area contributed by atoms with Crippen molar-refractivity contribution in [2.24, 2.45) is 0 Å². The van der Waals surface area contributed by atoms with Crippen molar-refractivity contribution in [1.82, 2.24) is 15.5 Å². The fourth-order valence-electron chi connectivity index (χ4n) is 1.29. The first-order chi connectivity index (χ1) is 7.46. The van der Waals surface area contributed by atoms with E-state index >= 15 is 0 Å². The molecule has 0 spiro atoms. The summed E-state index contributed by atoms with van der Waals surface area (Å²) in [6, 6.07) is 0. The van der Waals surface area contributed by atoms with Gasteiger partial charge in [-0.25, -0.2) is 0 Å². The van der Waals surface area contributed by atoms with E-state index in [2.05, 4.69) is 15.5 Å². The zero-order valence-electron chi connectivity index (χ0n) is 9.15. The van der Waals surface area contributed by atoms with Crippen LogP contribution < -0.4 is 5.32 Å². The number of H-pyrrole nitrogens is 1. The van der Waals surface area contributed by atoms with Crippen LogP contribution in [0.25, 0.3) is 6.08 Å². The van der Waals surface area contributed by atoms with Gasteiger partial charge >= 0.3 is 6.18 Å². The van der Waals surface area contributed by atoms with Crippen LogP contribution in [0.15, 0.2) is 6.08 Å². The van der Waals surface area contributed by atoms with Gasteiger partial charge in [-0.1, -0.05) is 12.2 Å². The number of alkyl halides is 3. The molecule has 1 rings (SSSR count). The minimum Gasteiger partial charge on any atom is -0.319 e. The van der Waals surface area contributed by atoms with Crippen molar-refractivity contribution in [1.29, 1.82) is 0 Å². The van der Waals surface area contributed by atoms with Crippen LogP contribution in [-0.2, 0) is 6.18 Å². The number of rotatable bonds is 4. The summed E-state index contributed by atoms with van der Waals surface area (Å²) in [6.45, 7) is 2.30. The molecule has 0 bridgehead atoms. The van der Waals surface area contributed by atoms with Crippen molar-refractivity contribution >= 4 is 6.08 Å². The van der Waals surface area contributed by atoms with Crippen molar-refractivity contribution in [3.8, 4) is 0 Å². The zero-order valence-corrected chi connectivity index (χ0v) is 9.15. The molecule has 0 saturated heterocycles. The predicted octanol–water partition coefficient (Wildman–Crippen LogP) is 2.36. The van der Waals surface area contributed by atoms with E-state index in [4.69, 9.17) is 0 Å². The lowest BCUT2D eigenvalue weighted by Gasteiger charge is -2.03. The van der Waals surface area contributed by atoms with Crippen molar-refractivity contribution in [3.63, 3.8) is 0 Å². The number of nitrogens with one attached hydrogen (secondary N) is 2. The molecule has 0 atom stereocenters. The Kier molecular flexibility index (Phi) is 4.12. The van der Waals surface area contributed by atoms with Crippen LogP contribution in [0.2, 0.25) is 0 Å². The van der Waals surface area contributed by atoms with E-state index in [0.29, 0.717) is 12.1 Å². The lowest BCUT2D eigenvalue weighted by molar-refractivity contribution is -0.141. The molecule has 1 aromatic heterocycles. The number of aromatic amines is 1. The Labute approximate surface area is 91.7 Å². The summed E-state index contributed by atoms with van der Waals surface area (Å²) in [6.07, 6.45) is -0.575. The molecular formula is C10H14F3N3. The summed E-state index contributed by atoms with van der Waals surface area (Å²) in [5.74, 6) is 0. The molecule has 0 aliphatic rings. The first kappa shape index (κ1) is 12.8. The highest BCUT2D eigenvalue weighted by molar-refractivity contribution is 5.55. The molecule has 3 nitrogen and oxygen atoms in total. The van der Waals surface area contributed by atoms with E-state index in [1.54, 1.807) is 20.0 Å². The zero-order chi connectivity index (χ0) is 12.2. The Balaban J connectivity index is 2.86. The number of aryl methyl sites for hydroxylation is 1. The van der Waals surface area contributed by atoms with Crippen molar-refractivity contribution < 1.29 is 13.2 Å². The van der Waals surface area contributed by atoms with Gasteiger partial charge in [0.25, 0.3) is 0 Å². The van der Waals surface area contributed by atoms with E-state index in [1.165, 1.54) is 6.08 Å². The second-order valence-electron chi connectivity index (χ2n) is 3.40. The Morgan fingerprint density at radius 1 is 1.44 bits per heavy atom. The van der Waals surface area contributed by atoms with Crippen LogP contribution in [0.5, 0.6) is 0 Å². The van der Waals surface area contributed by atoms with Gasteiger partial charge in [0.2, 0.25) is 0 Å². The maximum atomic E-state index is 12.5. The minimum absolute atomic E-state index is 0.114. The third-order valence-corrected chi connectivity index (χ3v) is 2.11. The third kappa shape index (κ3) is 3.10. The summed E-state index contributed by atoms with van der Waals surface area (Å²) in [4.78, 5) is 0. The summed E-state index contributed by atoms with van der Waals surface area (Å²) < 4.78 is 37.5. The maximum Gasteiger partial charge on any atom is 0.435 e. The first-order valence-electron chi connectivity index (χ1n) is 4.90. The van der Waals surface area contributed by atoms with Crippen molar-refractivity contribution in [2.45, 2.75) is 19.5 Å². The molecule has 90 valence electrons. The number of hydrogen-bond acceptors (Lipinski definition) is 2. The molecule has 0 fully saturated rings. The SMILES string of the molecule is CNCCC=Cc1c(C(F)(F)F)n[nH]c1C. The third-order valence-electron chi connectivity index (χ3n) is 2.11. The van der Waals surface area contributed by atoms with Gasteiger partial charge in [-0.05, 0) is 26.9 Å². The minimum atomic E-state index is -4.41. The van der Waals surface area contributed by atoms with Gasteiger partial charge in [-0.2, -0.15) is 18.3 Å². The van der Waals surface area contributed by atoms with Gasteiger partial charge in [-0.3, -0.25) is 5.10 Å². The molecule has 0 aliphatic heterocycles. The fraction of sp³-hybridized carbons (Fsp3) is 0.500. The topological polar surface area (TPSA) is 40.7 Å². The maximum absolute atomic E-state index is 12.5. The Morgan fingerprint density at radius 2 is 2.12 bits per heavy atom. The molecule has 1 aromatic rings. The summed E-state index contributed by atoms with van der Waals surface area (Å²) in [7, 11) is 1.79. The second kappa shape index (κ2) is 5.16. The fourth-order valence-corrected chi connectivity index (χ4v) is 1.29. The largest absolute Gasteiger partial charge is 0.435 e. The van der Waals surface area contributed by atoms with Crippen LogP contribution in [-0.4, -0.2) is 23.8 Å². The van der Waals surface area contributed by atoms with E-state index < -0.39 is 11.9 Å². The second-order valence-corrected chi connectivity index (χ2v) is 3.40. The molecule has 1 heterocycles. The molecule has 2 N–H and O–H groups in total. The lowest BCUT2D eigenvalue weighted by Crippen LogP contribution is -2.08. The van der Waals surface area contributed by atoms with Crippen molar-refractivity contribution in [3.05, 3.63) is 23.0 Å². The van der Waals surface area contributed by atoms with Crippen LogP contribution in [0.1, 0.15) is 23.4 Å². The standard InChI is InChI=1S/C10H14F3N3/c1-7-8(5-3-4-6-14-2)9(16-15-7)10(11,12)13/h3,5,14H,4,6H2,1-2H3,(H,15,16). The molecule has 0 radical (unpaired) electrons. The van der Waals surface area contributed by atoms with Gasteiger partial charge in [0.15, 0.2) is 5.69 Å². The van der Waals surface area contributed by atoms with E-state index in [-0.39, 0.29) is 5.56 Å². The highest BCUT2D eigenvalue weighted by Gasteiger charge is 2.36. The van der Waals surface area contributed by atoms with Crippen LogP contribution >= 0.6 is 0 Å². The molecule has 0 aromatic carbocycles. The highest BCUT2D eigenvalue weighted by atomic mass is 19.4. The lowest BCUT2D eigenvalue weighted by atomic mass is 10.1. The molecule has 0 amide bonds. The Morgan fingerprint density at radius 3 is 2.69 bits per heavy atom. The molecule has 16 heavy (non-hydrogen) atoms. The monoisotopic (exact) mass is 233 g/mol. The molecular weight excluding hydrogens is 219 g/mol. The average molecular weight is 233 g/mol. The summed E-state index contributed by atoms with van der Waals surface area (Å²) >= 11 is 0. The number of hydrogen-bond donors (Lipinski definition) is 2. The Bertz CT molecular complexity index is 366. The van der Waals surface area contributed by atoms with Crippen molar-refractivity contribution in [2.75, 3.05) is 13.6 Å². The smallest absolute Gasteiger partial charge is 0.319 e. The number of nitrogens with zero attached hydrogens (tertiary/aromatic N) is 1. The molecule has 0 unspecified atom stereocenters. The van der Waals surface area contributed by atoms with E-state index in [0.717, 1.165) is 6.54 Å². The van der Waals surface area contributed by atoms with Crippen LogP contribution in [0.4, 0.5) is 13.2 Å². The first-order valence-corrected chi connectivity index (χ1v) is 4.90. The van der Waals surface area contributed by atoms with Gasteiger partial charge in [-0.15, -0.1) is 0 Å². The van der Waals surface area contributed by atoms with Gasteiger partial charge in [0.1, 0.15) is 0 Å². The predicted molar refractivity (Wildman–Crippen MR) is 55.9 cm³/mol. The molecule has 6 heteroatoms. The number of aromatic nitrogens is 2. The average Bonchev–Trinajstić information content (AvgIpc) is 2.54. The van der Waals surface area contributed by atoms with Gasteiger partial charge in [0.05, 0.1) is 0 Å². The highest BCUT2D eigenvalue weighted by Crippen LogP contribution is 2.32. The van der Waals surface area contributed by atoms with E-state index in [1.807, 2.05) is 0 Å². The van der Waals surface area contributed by atoms with Gasteiger partial charge in [0, 0.05) is 11.3 Å². The van der Waals surface area contributed by atoms with Crippen LogP contribution in [0, 0.1) is 6.92 Å². The summed E-state index contributed by atoms with van der Waals surface area (Å²) in [5, 5.41) is 8.53. The normalized spacial score (nSPS) is 12.6. The van der Waals surface area contributed by atoms with Gasteiger partial charge < -0.3 is 5.32 Å².